The number of nitrogens with two attached hydrogens (primary N) is 1. The maximum absolute atomic E-state index is 15.7. The summed E-state index contributed by atoms with van der Waals surface area (Å²) in [6, 6.07) is 8.39. The van der Waals surface area contributed by atoms with E-state index in [0.717, 1.165) is 48.7 Å². The molecule has 3 aromatic rings. The van der Waals surface area contributed by atoms with Gasteiger partial charge >= 0.3 is 29.3 Å². The molecule has 0 radical (unpaired) electrons. The standard InChI is InChI=1S/C23H17F4N3O8/c24-13-5-1-3-11(9-13)17(31)37-19(33)16-23(35,38-18(32)12-4-2-6-14(25)10-12)22(26,27)20(36-16)30-8-7-15(28)29-21(30)34/h1-10,16,19-20,33,35H,(H2,28,29,34)/t16-,19?,20-,23+/m1/s1. The van der Waals surface area contributed by atoms with E-state index in [1.165, 1.54) is 0 Å². The normalized spacial score (nSPS) is 23.0. The monoisotopic (exact) mass is 539 g/mol. The lowest BCUT2D eigenvalue weighted by Gasteiger charge is -2.33. The van der Waals surface area contributed by atoms with Crippen molar-refractivity contribution in [3.63, 3.8) is 0 Å². The molecule has 38 heavy (non-hydrogen) atoms. The largest absolute Gasteiger partial charge is 0.429 e. The van der Waals surface area contributed by atoms with Gasteiger partial charge in [-0.2, -0.15) is 13.8 Å². The highest BCUT2D eigenvalue weighted by Crippen LogP contribution is 2.51. The van der Waals surface area contributed by atoms with Gasteiger partial charge in [-0.25, -0.2) is 23.2 Å². The van der Waals surface area contributed by atoms with Crippen LogP contribution in [-0.2, 0) is 14.2 Å². The first-order valence-electron chi connectivity index (χ1n) is 10.6. The van der Waals surface area contributed by atoms with E-state index in [1.807, 2.05) is 0 Å². The van der Waals surface area contributed by atoms with Crippen molar-refractivity contribution in [3.05, 3.63) is 94.0 Å². The molecule has 11 nitrogen and oxygen atoms in total. The Hall–Kier alpha value is -4.34. The molecule has 2 aromatic carbocycles. The second-order valence-electron chi connectivity index (χ2n) is 7.98. The predicted molar refractivity (Wildman–Crippen MR) is 116 cm³/mol. The van der Waals surface area contributed by atoms with Crippen LogP contribution in [0.2, 0.25) is 0 Å². The Bertz CT molecular complexity index is 1450. The second-order valence-corrected chi connectivity index (χ2v) is 7.98. The van der Waals surface area contributed by atoms with Crippen LogP contribution in [0.25, 0.3) is 0 Å². The van der Waals surface area contributed by atoms with Crippen molar-refractivity contribution in [2.45, 2.75) is 30.3 Å². The topological polar surface area (TPSA) is 163 Å². The number of halogens is 4. The number of carbonyl (C=O) groups is 2. The van der Waals surface area contributed by atoms with Gasteiger partial charge in [-0.05, 0) is 42.5 Å². The summed E-state index contributed by atoms with van der Waals surface area (Å²) < 4.78 is 72.8. The molecule has 0 bridgehead atoms. The average Bonchev–Trinajstić information content (AvgIpc) is 3.04. The number of alkyl halides is 2. The van der Waals surface area contributed by atoms with E-state index < -0.39 is 70.7 Å². The highest BCUT2D eigenvalue weighted by molar-refractivity contribution is 5.90. The number of aliphatic hydroxyl groups excluding tert-OH is 1. The van der Waals surface area contributed by atoms with Crippen molar-refractivity contribution in [2.75, 3.05) is 5.73 Å². The van der Waals surface area contributed by atoms with Gasteiger partial charge in [0, 0.05) is 6.20 Å². The summed E-state index contributed by atoms with van der Waals surface area (Å²) in [4.78, 5) is 40.4. The summed E-state index contributed by atoms with van der Waals surface area (Å²) in [5.41, 5.74) is 2.91. The summed E-state index contributed by atoms with van der Waals surface area (Å²) in [5, 5.41) is 21.5. The molecule has 1 aliphatic heterocycles. The number of nitrogens with zero attached hydrogens (tertiary/aromatic N) is 2. The maximum Gasteiger partial charge on any atom is 0.358 e. The summed E-state index contributed by atoms with van der Waals surface area (Å²) in [5.74, 6) is -14.1. The number of nitrogen functional groups attached to an aromatic ring is 1. The van der Waals surface area contributed by atoms with Gasteiger partial charge in [0.15, 0.2) is 6.10 Å². The number of rotatable bonds is 6. The fourth-order valence-electron chi connectivity index (χ4n) is 3.58. The Balaban J connectivity index is 1.73. The summed E-state index contributed by atoms with van der Waals surface area (Å²) in [7, 11) is 0. The van der Waals surface area contributed by atoms with Crippen LogP contribution in [0.3, 0.4) is 0 Å². The van der Waals surface area contributed by atoms with E-state index in [2.05, 4.69) is 14.5 Å². The van der Waals surface area contributed by atoms with E-state index in [4.69, 9.17) is 10.5 Å². The number of ether oxygens (including phenoxy) is 3. The summed E-state index contributed by atoms with van der Waals surface area (Å²) >= 11 is 0. The van der Waals surface area contributed by atoms with Gasteiger partial charge in [0.2, 0.25) is 12.5 Å². The minimum Gasteiger partial charge on any atom is -0.429 e. The SMILES string of the molecule is Nc1ccn([C@@H]2O[C@H](C(O)OC(=O)c3cccc(F)c3)[C@](O)(OC(=O)c3cccc(F)c3)C2(F)F)c(=O)n1. The van der Waals surface area contributed by atoms with Crippen LogP contribution < -0.4 is 11.4 Å². The van der Waals surface area contributed by atoms with Gasteiger partial charge in [-0.15, -0.1) is 0 Å². The van der Waals surface area contributed by atoms with Crippen LogP contribution in [0.5, 0.6) is 0 Å². The molecule has 0 spiro atoms. The smallest absolute Gasteiger partial charge is 0.358 e. The maximum atomic E-state index is 15.7. The lowest BCUT2D eigenvalue weighted by Crippen LogP contribution is -2.59. The van der Waals surface area contributed by atoms with Crippen LogP contribution in [0, 0.1) is 11.6 Å². The van der Waals surface area contributed by atoms with E-state index in [0.29, 0.717) is 12.1 Å². The highest BCUT2D eigenvalue weighted by Gasteiger charge is 2.75. The molecule has 2 heterocycles. The van der Waals surface area contributed by atoms with Gasteiger partial charge in [-0.1, -0.05) is 12.1 Å². The van der Waals surface area contributed by atoms with E-state index in [9.17, 15) is 33.4 Å². The molecule has 1 fully saturated rings. The Kier molecular flexibility index (Phi) is 6.92. The Morgan fingerprint density at radius 2 is 1.63 bits per heavy atom. The predicted octanol–water partition coefficient (Wildman–Crippen LogP) is 1.36. The summed E-state index contributed by atoms with van der Waals surface area (Å²) in [6.07, 6.45) is -7.57. The number of anilines is 1. The number of hydrogen-bond acceptors (Lipinski definition) is 10. The van der Waals surface area contributed by atoms with Crippen molar-refractivity contribution >= 4 is 17.8 Å². The molecule has 1 aromatic heterocycles. The fraction of sp³-hybridized carbons (Fsp3) is 0.217. The zero-order chi connectivity index (χ0) is 27.8. The number of carbonyl (C=O) groups excluding carboxylic acids is 2. The van der Waals surface area contributed by atoms with Crippen molar-refractivity contribution in [3.8, 4) is 0 Å². The molecule has 4 rings (SSSR count). The Morgan fingerprint density at radius 1 is 1.05 bits per heavy atom. The van der Waals surface area contributed by atoms with E-state index >= 15 is 8.78 Å². The van der Waals surface area contributed by atoms with Crippen molar-refractivity contribution < 1.29 is 51.6 Å². The molecular formula is C23H17F4N3O8. The molecular weight excluding hydrogens is 522 g/mol. The lowest BCUT2D eigenvalue weighted by atomic mass is 10.0. The molecule has 0 aliphatic carbocycles. The van der Waals surface area contributed by atoms with Crippen molar-refractivity contribution in [1.82, 2.24) is 9.55 Å². The van der Waals surface area contributed by atoms with Crippen LogP contribution in [0.15, 0.2) is 65.6 Å². The lowest BCUT2D eigenvalue weighted by molar-refractivity contribution is -0.309. The molecule has 0 saturated carbocycles. The number of aliphatic hydroxyl groups is 2. The third kappa shape index (κ3) is 4.81. The zero-order valence-electron chi connectivity index (χ0n) is 18.8. The number of aromatic nitrogens is 2. The number of hydrogen-bond donors (Lipinski definition) is 3. The van der Waals surface area contributed by atoms with E-state index in [-0.39, 0.29) is 10.4 Å². The Morgan fingerprint density at radius 3 is 2.18 bits per heavy atom. The Labute approximate surface area is 209 Å². The zero-order valence-corrected chi connectivity index (χ0v) is 18.8. The first kappa shape index (κ1) is 26.7. The van der Waals surface area contributed by atoms with Crippen LogP contribution >= 0.6 is 0 Å². The molecule has 15 heteroatoms. The van der Waals surface area contributed by atoms with Gasteiger partial charge in [0.1, 0.15) is 17.5 Å². The second kappa shape index (κ2) is 9.85. The van der Waals surface area contributed by atoms with Gasteiger partial charge in [-0.3, -0.25) is 4.57 Å². The number of benzene rings is 2. The van der Waals surface area contributed by atoms with Gasteiger partial charge < -0.3 is 30.2 Å². The quantitative estimate of drug-likeness (QED) is 0.237. The van der Waals surface area contributed by atoms with Gasteiger partial charge in [0.05, 0.1) is 11.1 Å². The minimum atomic E-state index is -4.73. The third-order valence-corrected chi connectivity index (χ3v) is 5.41. The van der Waals surface area contributed by atoms with Crippen LogP contribution in [-0.4, -0.2) is 55.8 Å². The van der Waals surface area contributed by atoms with E-state index in [1.54, 1.807) is 0 Å². The van der Waals surface area contributed by atoms with Crippen molar-refractivity contribution in [1.29, 1.82) is 0 Å². The minimum absolute atomic E-state index is 0.179. The third-order valence-electron chi connectivity index (χ3n) is 5.41. The first-order chi connectivity index (χ1) is 17.8. The van der Waals surface area contributed by atoms with Crippen LogP contribution in [0.4, 0.5) is 23.4 Å². The molecule has 1 aliphatic rings. The van der Waals surface area contributed by atoms with Crippen LogP contribution in [0.1, 0.15) is 26.9 Å². The molecule has 4 atom stereocenters. The fourth-order valence-corrected chi connectivity index (χ4v) is 3.58. The highest BCUT2D eigenvalue weighted by atomic mass is 19.3. The molecule has 0 amide bonds. The molecule has 1 unspecified atom stereocenters. The molecule has 4 N–H and O–H groups in total. The number of esters is 2. The van der Waals surface area contributed by atoms with Gasteiger partial charge in [0.25, 0.3) is 0 Å². The first-order valence-corrected chi connectivity index (χ1v) is 10.6. The average molecular weight is 539 g/mol. The summed E-state index contributed by atoms with van der Waals surface area (Å²) in [6.45, 7) is 0. The molecule has 200 valence electrons. The van der Waals surface area contributed by atoms with Crippen molar-refractivity contribution in [2.24, 2.45) is 0 Å². The molecule has 1 saturated heterocycles.